The van der Waals surface area contributed by atoms with Gasteiger partial charge in [-0.3, -0.25) is 4.99 Å². The molecule has 2 unspecified atom stereocenters. The number of aromatic nitrogens is 2. The molecule has 2 atom stereocenters. The molecule has 3 rings (SSSR count). The first-order chi connectivity index (χ1) is 12.3. The number of halogens is 3. The first-order valence-electron chi connectivity index (χ1n) is 8.46. The summed E-state index contributed by atoms with van der Waals surface area (Å²) in [5.41, 5.74) is 8.87. The van der Waals surface area contributed by atoms with Gasteiger partial charge in [-0.15, -0.1) is 3.89 Å². The monoisotopic (exact) mass is 382 g/mol. The fraction of sp³-hybridized carbons (Fsp3) is 0.444. The first kappa shape index (κ1) is 18.8. The normalized spacial score (nSPS) is 24.2. The van der Waals surface area contributed by atoms with Crippen LogP contribution in [0.1, 0.15) is 44.1 Å². The molecule has 4 nitrogen and oxygen atoms in total. The van der Waals surface area contributed by atoms with Gasteiger partial charge in [0.25, 0.3) is 0 Å². The summed E-state index contributed by atoms with van der Waals surface area (Å²) in [6.45, 7) is 4.80. The zero-order valence-corrected chi connectivity index (χ0v) is 15.7. The minimum atomic E-state index is -1.12. The Labute approximate surface area is 155 Å². The fourth-order valence-electron chi connectivity index (χ4n) is 3.45. The molecule has 0 aromatic carbocycles. The number of hydrogen-bond donors (Lipinski definition) is 1. The zero-order chi connectivity index (χ0) is 19.0. The van der Waals surface area contributed by atoms with E-state index in [2.05, 4.69) is 10.1 Å². The Balaban J connectivity index is 1.91. The number of hydrogen-bond acceptors (Lipinski definition) is 4. The predicted molar refractivity (Wildman–Crippen MR) is 98.5 cm³/mol. The average Bonchev–Trinajstić information content (AvgIpc) is 3.29. The second-order valence-corrected chi connectivity index (χ2v) is 7.25. The van der Waals surface area contributed by atoms with Gasteiger partial charge >= 0.3 is 0 Å². The van der Waals surface area contributed by atoms with E-state index in [-0.39, 0.29) is 18.0 Å². The lowest BCUT2D eigenvalue weighted by Crippen LogP contribution is -2.09. The Morgan fingerprint density at radius 2 is 2.00 bits per heavy atom. The summed E-state index contributed by atoms with van der Waals surface area (Å²) in [5.74, 6) is -0.829. The maximum atomic E-state index is 13.7. The van der Waals surface area contributed by atoms with Crippen LogP contribution in [-0.4, -0.2) is 14.9 Å². The SMILES string of the molecule is C/C=C(F)/C(F)=C(N)\C=C(/C)N=C(C)c1nn(SF)c2c1CC1CC1C2. The highest BCUT2D eigenvalue weighted by Gasteiger charge is 2.44. The molecule has 1 fully saturated rings. The van der Waals surface area contributed by atoms with Crippen LogP contribution in [0, 0.1) is 11.8 Å². The molecule has 2 aliphatic rings. The quantitative estimate of drug-likeness (QED) is 0.592. The topological polar surface area (TPSA) is 56.2 Å². The smallest absolute Gasteiger partial charge is 0.187 e. The van der Waals surface area contributed by atoms with Crippen LogP contribution in [0.2, 0.25) is 0 Å². The van der Waals surface area contributed by atoms with Crippen LogP contribution in [0.15, 0.2) is 40.2 Å². The molecule has 140 valence electrons. The van der Waals surface area contributed by atoms with Gasteiger partial charge in [-0.05, 0) is 64.0 Å². The molecule has 0 spiro atoms. The third-order valence-corrected chi connectivity index (χ3v) is 5.31. The number of allylic oxidation sites excluding steroid dienone is 5. The Bertz CT molecular complexity index is 851. The summed E-state index contributed by atoms with van der Waals surface area (Å²) in [7, 11) is 0. The van der Waals surface area contributed by atoms with Gasteiger partial charge in [0.1, 0.15) is 5.69 Å². The van der Waals surface area contributed by atoms with E-state index < -0.39 is 11.7 Å². The molecule has 0 amide bonds. The summed E-state index contributed by atoms with van der Waals surface area (Å²) in [4.78, 5) is 4.40. The van der Waals surface area contributed by atoms with Crippen LogP contribution in [0.25, 0.3) is 0 Å². The van der Waals surface area contributed by atoms with Gasteiger partial charge in [0.05, 0.1) is 17.1 Å². The van der Waals surface area contributed by atoms with Crippen molar-refractivity contribution in [1.82, 2.24) is 9.19 Å². The van der Waals surface area contributed by atoms with Crippen molar-refractivity contribution in [3.63, 3.8) is 0 Å². The molecule has 1 aromatic rings. The van der Waals surface area contributed by atoms with Crippen molar-refractivity contribution >= 4 is 18.0 Å². The molecule has 0 aliphatic heterocycles. The van der Waals surface area contributed by atoms with Gasteiger partial charge in [0.15, 0.2) is 24.0 Å². The summed E-state index contributed by atoms with van der Waals surface area (Å²) in [6.07, 6.45) is 5.17. The molecular weight excluding hydrogens is 361 g/mol. The lowest BCUT2D eigenvalue weighted by Gasteiger charge is -2.11. The van der Waals surface area contributed by atoms with Crippen LogP contribution < -0.4 is 5.73 Å². The second-order valence-electron chi connectivity index (χ2n) is 6.77. The van der Waals surface area contributed by atoms with Gasteiger partial charge < -0.3 is 5.73 Å². The zero-order valence-electron chi connectivity index (χ0n) is 14.9. The van der Waals surface area contributed by atoms with Crippen molar-refractivity contribution < 1.29 is 12.7 Å². The molecule has 1 aromatic heterocycles. The van der Waals surface area contributed by atoms with Gasteiger partial charge in [0.2, 0.25) is 0 Å². The second kappa shape index (κ2) is 7.34. The van der Waals surface area contributed by atoms with E-state index in [4.69, 9.17) is 5.73 Å². The van der Waals surface area contributed by atoms with Crippen molar-refractivity contribution in [3.05, 3.63) is 52.2 Å². The number of nitrogens with two attached hydrogens (primary N) is 1. The third kappa shape index (κ3) is 3.60. The van der Waals surface area contributed by atoms with Crippen LogP contribution >= 0.6 is 12.3 Å². The van der Waals surface area contributed by atoms with Crippen LogP contribution in [-0.2, 0) is 12.8 Å². The van der Waals surface area contributed by atoms with Crippen LogP contribution in [0.5, 0.6) is 0 Å². The highest BCUT2D eigenvalue weighted by molar-refractivity contribution is 7.92. The van der Waals surface area contributed by atoms with Gasteiger partial charge in [0, 0.05) is 11.3 Å². The Hall–Kier alpha value is -1.96. The van der Waals surface area contributed by atoms with Gasteiger partial charge in [-0.25, -0.2) is 8.78 Å². The van der Waals surface area contributed by atoms with E-state index in [0.717, 1.165) is 30.2 Å². The van der Waals surface area contributed by atoms with Crippen molar-refractivity contribution in [2.24, 2.45) is 22.6 Å². The van der Waals surface area contributed by atoms with E-state index in [1.807, 2.05) is 0 Å². The third-order valence-electron chi connectivity index (χ3n) is 4.88. The van der Waals surface area contributed by atoms with E-state index >= 15 is 0 Å². The molecule has 2 N–H and O–H groups in total. The van der Waals surface area contributed by atoms with Crippen molar-refractivity contribution in [2.45, 2.75) is 40.0 Å². The molecule has 1 heterocycles. The molecule has 0 bridgehead atoms. The highest BCUT2D eigenvalue weighted by atomic mass is 32.2. The molecule has 1 saturated carbocycles. The molecule has 0 saturated heterocycles. The van der Waals surface area contributed by atoms with Crippen molar-refractivity contribution in [1.29, 1.82) is 0 Å². The fourth-order valence-corrected chi connectivity index (χ4v) is 3.83. The average molecular weight is 382 g/mol. The largest absolute Gasteiger partial charge is 0.396 e. The first-order valence-corrected chi connectivity index (χ1v) is 9.14. The van der Waals surface area contributed by atoms with Gasteiger partial charge in [-0.2, -0.15) is 9.19 Å². The number of fused-ring (bicyclic) bond motifs is 2. The lowest BCUT2D eigenvalue weighted by atomic mass is 9.95. The summed E-state index contributed by atoms with van der Waals surface area (Å²) >= 11 is 0.0924. The van der Waals surface area contributed by atoms with Crippen LogP contribution in [0.3, 0.4) is 0 Å². The summed E-state index contributed by atoms with van der Waals surface area (Å²) in [6, 6.07) is 0. The number of nitrogens with zero attached hydrogens (tertiary/aromatic N) is 3. The van der Waals surface area contributed by atoms with Crippen molar-refractivity contribution in [3.8, 4) is 0 Å². The molecule has 8 heteroatoms. The van der Waals surface area contributed by atoms with Crippen molar-refractivity contribution in [2.75, 3.05) is 0 Å². The summed E-state index contributed by atoms with van der Waals surface area (Å²) in [5, 5.41) is 4.33. The molecular formula is C18H21F3N4S. The molecule has 26 heavy (non-hydrogen) atoms. The van der Waals surface area contributed by atoms with E-state index in [9.17, 15) is 12.7 Å². The summed E-state index contributed by atoms with van der Waals surface area (Å²) < 4.78 is 41.5. The Kier molecular flexibility index (Phi) is 5.32. The van der Waals surface area contributed by atoms with E-state index in [1.165, 1.54) is 23.5 Å². The number of rotatable bonds is 5. The van der Waals surface area contributed by atoms with E-state index in [1.54, 1.807) is 13.8 Å². The Morgan fingerprint density at radius 3 is 2.65 bits per heavy atom. The minimum Gasteiger partial charge on any atom is -0.396 e. The van der Waals surface area contributed by atoms with Crippen LogP contribution in [0.4, 0.5) is 12.7 Å². The minimum absolute atomic E-state index is 0.0924. The lowest BCUT2D eigenvalue weighted by molar-refractivity contribution is 0.537. The standard InChI is InChI=1S/C18H21F3N4S/c1-4-14(19)17(20)15(22)5-9(2)23-10(3)18-13-7-11-6-12(11)8-16(13)25(24-18)26-21/h4-5,11-12H,6-8,22H2,1-3H3/b9-5+,14-4-,17-15-,23-10?. The maximum Gasteiger partial charge on any atom is 0.187 e. The molecule has 0 radical (unpaired) electrons. The Morgan fingerprint density at radius 1 is 1.31 bits per heavy atom. The number of aliphatic imine (C=N–C) groups is 1. The van der Waals surface area contributed by atoms with E-state index in [0.29, 0.717) is 28.9 Å². The van der Waals surface area contributed by atoms with Gasteiger partial charge in [-0.1, -0.05) is 0 Å². The highest BCUT2D eigenvalue weighted by Crippen LogP contribution is 2.49. The predicted octanol–water partition coefficient (Wildman–Crippen LogP) is 4.72. The molecule has 2 aliphatic carbocycles. The maximum absolute atomic E-state index is 13.7.